The van der Waals surface area contributed by atoms with Crippen LogP contribution in [-0.2, 0) is 17.6 Å². The Bertz CT molecular complexity index is 277. The first-order valence-corrected chi connectivity index (χ1v) is 6.02. The number of nitrogens with zero attached hydrogens (tertiary/aromatic N) is 2. The number of likely N-dealkylation sites (N-methyl/N-ethyl adjacent to an activating group) is 1. The van der Waals surface area contributed by atoms with Gasteiger partial charge in [0.05, 0.1) is 0 Å². The Morgan fingerprint density at radius 3 is 2.80 bits per heavy atom. The molecule has 0 aliphatic carbocycles. The van der Waals surface area contributed by atoms with E-state index in [-0.39, 0.29) is 0 Å². The lowest BCUT2D eigenvalue weighted by Crippen LogP contribution is -2.09. The lowest BCUT2D eigenvalue weighted by Gasteiger charge is -2.05. The Morgan fingerprint density at radius 1 is 1.40 bits per heavy atom. The summed E-state index contributed by atoms with van der Waals surface area (Å²) in [5.74, 6) is 0.514. The second-order valence-corrected chi connectivity index (χ2v) is 4.85. The number of aromatic nitrogens is 2. The number of nitrogens with one attached hydrogen (secondary N) is 1. The smallest absolute Gasteiger partial charge is 0.118 e. The summed E-state index contributed by atoms with van der Waals surface area (Å²) < 4.78 is 5.09. The molecule has 0 bridgehead atoms. The predicted octanol–water partition coefficient (Wildman–Crippen LogP) is 1.12. The third kappa shape index (κ3) is 4.68. The molecule has 0 radical (unpaired) electrons. The van der Waals surface area contributed by atoms with Crippen LogP contribution in [0.1, 0.15) is 16.9 Å². The van der Waals surface area contributed by atoms with E-state index < -0.39 is 0 Å². The van der Waals surface area contributed by atoms with Crippen molar-refractivity contribution in [2.45, 2.75) is 19.8 Å². The molecule has 0 saturated heterocycles. The third-order valence-corrected chi connectivity index (χ3v) is 3.08. The van der Waals surface area contributed by atoms with Crippen LogP contribution >= 0.6 is 11.3 Å². The van der Waals surface area contributed by atoms with Crippen molar-refractivity contribution in [1.82, 2.24) is 15.5 Å². The first-order valence-electron chi connectivity index (χ1n) is 5.21. The summed E-state index contributed by atoms with van der Waals surface area (Å²) in [6.45, 7) is 3.91. The van der Waals surface area contributed by atoms with E-state index in [1.807, 2.05) is 7.05 Å². The number of ether oxygens (including phenoxy) is 1. The Balaban J connectivity index is 2.38. The molecule has 86 valence electrons. The predicted molar refractivity (Wildman–Crippen MR) is 62.3 cm³/mol. The van der Waals surface area contributed by atoms with Crippen molar-refractivity contribution in [3.63, 3.8) is 0 Å². The van der Waals surface area contributed by atoms with E-state index in [2.05, 4.69) is 22.4 Å². The van der Waals surface area contributed by atoms with Gasteiger partial charge in [0, 0.05) is 33.1 Å². The molecule has 0 aromatic carbocycles. The number of hydrogen-bond acceptors (Lipinski definition) is 5. The van der Waals surface area contributed by atoms with Crippen LogP contribution in [0.2, 0.25) is 0 Å². The van der Waals surface area contributed by atoms with Gasteiger partial charge in [-0.05, 0) is 13.0 Å². The molecule has 1 N–H and O–H groups in total. The van der Waals surface area contributed by atoms with Crippen LogP contribution in [0.3, 0.4) is 0 Å². The van der Waals surface area contributed by atoms with Gasteiger partial charge in [0.15, 0.2) is 0 Å². The summed E-state index contributed by atoms with van der Waals surface area (Å²) in [5.41, 5.74) is 0. The van der Waals surface area contributed by atoms with Crippen LogP contribution in [0.4, 0.5) is 0 Å². The van der Waals surface area contributed by atoms with Gasteiger partial charge < -0.3 is 10.1 Å². The molecule has 0 amide bonds. The van der Waals surface area contributed by atoms with Gasteiger partial charge in [-0.25, -0.2) is 0 Å². The molecule has 1 aromatic rings. The molecule has 1 aromatic heterocycles. The van der Waals surface area contributed by atoms with Gasteiger partial charge in [-0.15, -0.1) is 21.5 Å². The molecule has 5 heteroatoms. The van der Waals surface area contributed by atoms with Crippen molar-refractivity contribution in [3.8, 4) is 0 Å². The summed E-state index contributed by atoms with van der Waals surface area (Å²) in [7, 11) is 3.68. The summed E-state index contributed by atoms with van der Waals surface area (Å²) in [6.07, 6.45) is 1.93. The van der Waals surface area contributed by atoms with Crippen molar-refractivity contribution < 1.29 is 4.74 Å². The Labute approximate surface area is 95.1 Å². The molecular weight excluding hydrogens is 210 g/mol. The maximum absolute atomic E-state index is 5.09. The van der Waals surface area contributed by atoms with Crippen LogP contribution in [0.15, 0.2) is 0 Å². The van der Waals surface area contributed by atoms with E-state index in [9.17, 15) is 0 Å². The van der Waals surface area contributed by atoms with Crippen molar-refractivity contribution in [2.24, 2.45) is 5.92 Å². The fourth-order valence-electron chi connectivity index (χ4n) is 1.35. The van der Waals surface area contributed by atoms with Gasteiger partial charge in [0.1, 0.15) is 10.0 Å². The molecule has 0 aliphatic heterocycles. The Kier molecular flexibility index (Phi) is 5.75. The lowest BCUT2D eigenvalue weighted by molar-refractivity contribution is 0.159. The Morgan fingerprint density at radius 2 is 2.13 bits per heavy atom. The van der Waals surface area contributed by atoms with Gasteiger partial charge >= 0.3 is 0 Å². The first-order chi connectivity index (χ1) is 7.26. The fraction of sp³-hybridized carbons (Fsp3) is 0.800. The number of hydrogen-bond donors (Lipinski definition) is 1. The highest BCUT2D eigenvalue weighted by atomic mass is 32.1. The number of methoxy groups -OCH3 is 1. The van der Waals surface area contributed by atoms with E-state index in [0.29, 0.717) is 5.92 Å². The number of rotatable bonds is 7. The molecule has 4 nitrogen and oxygen atoms in total. The summed E-state index contributed by atoms with van der Waals surface area (Å²) in [5, 5.41) is 13.7. The molecule has 0 fully saturated rings. The third-order valence-electron chi connectivity index (χ3n) is 2.07. The quantitative estimate of drug-likeness (QED) is 0.761. The van der Waals surface area contributed by atoms with E-state index >= 15 is 0 Å². The van der Waals surface area contributed by atoms with E-state index in [0.717, 1.165) is 36.0 Å². The lowest BCUT2D eigenvalue weighted by atomic mass is 10.1. The van der Waals surface area contributed by atoms with Crippen LogP contribution in [0.5, 0.6) is 0 Å². The summed E-state index contributed by atoms with van der Waals surface area (Å²) in [4.78, 5) is 0. The topological polar surface area (TPSA) is 47.0 Å². The molecular formula is C10H19N3OS. The monoisotopic (exact) mass is 229 g/mol. The van der Waals surface area contributed by atoms with Crippen molar-refractivity contribution >= 4 is 11.3 Å². The summed E-state index contributed by atoms with van der Waals surface area (Å²) in [6, 6.07) is 0. The zero-order valence-electron chi connectivity index (χ0n) is 9.62. The van der Waals surface area contributed by atoms with Gasteiger partial charge in [-0.3, -0.25) is 0 Å². The minimum absolute atomic E-state index is 0.514. The average molecular weight is 229 g/mol. The zero-order valence-corrected chi connectivity index (χ0v) is 10.4. The fourth-order valence-corrected chi connectivity index (χ4v) is 2.35. The largest absolute Gasteiger partial charge is 0.384 e. The maximum atomic E-state index is 5.09. The molecule has 0 spiro atoms. The average Bonchev–Trinajstić information content (AvgIpc) is 2.63. The van der Waals surface area contributed by atoms with Crippen LogP contribution < -0.4 is 5.32 Å². The molecule has 1 atom stereocenters. The second-order valence-electron chi connectivity index (χ2n) is 3.71. The summed E-state index contributed by atoms with van der Waals surface area (Å²) >= 11 is 1.71. The molecule has 0 saturated carbocycles. The Hall–Kier alpha value is -0.520. The highest BCUT2D eigenvalue weighted by molar-refractivity contribution is 7.11. The van der Waals surface area contributed by atoms with E-state index in [1.165, 1.54) is 0 Å². The zero-order chi connectivity index (χ0) is 11.1. The van der Waals surface area contributed by atoms with Gasteiger partial charge in [-0.2, -0.15) is 0 Å². The maximum Gasteiger partial charge on any atom is 0.118 e. The van der Waals surface area contributed by atoms with Gasteiger partial charge in [0.25, 0.3) is 0 Å². The molecule has 1 unspecified atom stereocenters. The highest BCUT2D eigenvalue weighted by Gasteiger charge is 2.08. The minimum Gasteiger partial charge on any atom is -0.384 e. The van der Waals surface area contributed by atoms with Gasteiger partial charge in [0.2, 0.25) is 0 Å². The highest BCUT2D eigenvalue weighted by Crippen LogP contribution is 2.14. The second kappa shape index (κ2) is 6.87. The normalized spacial score (nSPS) is 13.0. The van der Waals surface area contributed by atoms with Crippen LogP contribution in [0, 0.1) is 5.92 Å². The van der Waals surface area contributed by atoms with E-state index in [4.69, 9.17) is 4.74 Å². The van der Waals surface area contributed by atoms with E-state index in [1.54, 1.807) is 18.4 Å². The van der Waals surface area contributed by atoms with Gasteiger partial charge in [-0.1, -0.05) is 6.92 Å². The SMILES string of the molecule is CNCCc1nnc(CC(C)COC)s1. The minimum atomic E-state index is 0.514. The molecule has 1 rings (SSSR count). The first kappa shape index (κ1) is 12.5. The van der Waals surface area contributed by atoms with Crippen molar-refractivity contribution in [3.05, 3.63) is 10.0 Å². The standard InChI is InChI=1S/C10H19N3OS/c1-8(7-14-3)6-10-13-12-9(15-10)4-5-11-2/h8,11H,4-7H2,1-3H3. The van der Waals surface area contributed by atoms with Crippen molar-refractivity contribution in [1.29, 1.82) is 0 Å². The van der Waals surface area contributed by atoms with Crippen LogP contribution in [-0.4, -0.2) is 37.5 Å². The molecule has 0 aliphatic rings. The molecule has 15 heavy (non-hydrogen) atoms. The van der Waals surface area contributed by atoms with Crippen LogP contribution in [0.25, 0.3) is 0 Å². The van der Waals surface area contributed by atoms with Crippen molar-refractivity contribution in [2.75, 3.05) is 27.3 Å². The molecule has 1 heterocycles.